The lowest BCUT2D eigenvalue weighted by atomic mass is 9.88. The second-order valence-corrected chi connectivity index (χ2v) is 12.7. The maximum absolute atomic E-state index is 6.24. The summed E-state index contributed by atoms with van der Waals surface area (Å²) in [5.41, 5.74) is 8.24. The van der Waals surface area contributed by atoms with Gasteiger partial charge in [0.05, 0.1) is 5.69 Å². The van der Waals surface area contributed by atoms with E-state index in [1.54, 1.807) is 0 Å². The van der Waals surface area contributed by atoms with Crippen molar-refractivity contribution in [1.29, 1.82) is 0 Å². The largest absolute Gasteiger partial charge is 0.456 e. The molecule has 0 aliphatic rings. The van der Waals surface area contributed by atoms with Gasteiger partial charge in [0.25, 0.3) is 0 Å². The minimum atomic E-state index is 0.438. The van der Waals surface area contributed by atoms with Crippen molar-refractivity contribution in [2.75, 3.05) is 4.90 Å². The maximum Gasteiger partial charge on any atom is 0.135 e. The molecule has 46 heavy (non-hydrogen) atoms. The zero-order valence-corrected chi connectivity index (χ0v) is 25.5. The van der Waals surface area contributed by atoms with Gasteiger partial charge in [-0.2, -0.15) is 0 Å². The lowest BCUT2D eigenvalue weighted by Crippen LogP contribution is -2.10. The first kappa shape index (κ1) is 25.5. The summed E-state index contributed by atoms with van der Waals surface area (Å²) in [7, 11) is 0. The number of anilines is 3. The molecule has 0 N–H and O–H groups in total. The molecule has 0 atom stereocenters. The van der Waals surface area contributed by atoms with Gasteiger partial charge in [-0.25, -0.2) is 0 Å². The Labute approximate surface area is 265 Å². The topological polar surface area (TPSA) is 29.5 Å². The number of hydrogen-bond acceptors (Lipinski definition) is 3. The Bertz CT molecular complexity index is 2680. The summed E-state index contributed by atoms with van der Waals surface area (Å²) >= 11 is 0. The summed E-state index contributed by atoms with van der Waals surface area (Å²) in [6, 6.07) is 48.0. The van der Waals surface area contributed by atoms with Crippen LogP contribution in [-0.4, -0.2) is 0 Å². The van der Waals surface area contributed by atoms with Crippen LogP contribution in [0.2, 0.25) is 0 Å². The van der Waals surface area contributed by atoms with Crippen molar-refractivity contribution in [3.63, 3.8) is 0 Å². The summed E-state index contributed by atoms with van der Waals surface area (Å²) in [6.45, 7) is 4.56. The van der Waals surface area contributed by atoms with Crippen LogP contribution < -0.4 is 4.90 Å². The van der Waals surface area contributed by atoms with E-state index in [-0.39, 0.29) is 0 Å². The second kappa shape index (κ2) is 9.35. The van der Waals surface area contributed by atoms with Gasteiger partial charge < -0.3 is 13.7 Å². The molecule has 3 nitrogen and oxygen atoms in total. The van der Waals surface area contributed by atoms with E-state index in [4.69, 9.17) is 8.83 Å². The first-order valence-electron chi connectivity index (χ1n) is 16.0. The van der Waals surface area contributed by atoms with E-state index in [0.717, 1.165) is 60.9 Å². The predicted molar refractivity (Wildman–Crippen MR) is 193 cm³/mol. The van der Waals surface area contributed by atoms with Crippen LogP contribution in [0.1, 0.15) is 25.3 Å². The Balaban J connectivity index is 1.30. The quantitative estimate of drug-likeness (QED) is 0.191. The standard InChI is InChI=1S/C43H29NO2/c1-25(2)30-17-11-26-13-19-34-37(20-14-27-12-18-33(30)42(26)43(27)34)44(28-15-21-40-35(23-28)31-7-3-5-9-38(31)45-40)29-16-22-41-36(24-29)32-8-4-6-10-39(32)46-41/h3-25H,1-2H3. The van der Waals surface area contributed by atoms with E-state index < -0.39 is 0 Å². The number of furan rings is 2. The highest BCUT2D eigenvalue weighted by Crippen LogP contribution is 2.46. The Hall–Kier alpha value is -5.80. The third-order valence-corrected chi connectivity index (χ3v) is 9.78. The molecule has 8 aromatic carbocycles. The van der Waals surface area contributed by atoms with Crippen LogP contribution in [0, 0.1) is 0 Å². The van der Waals surface area contributed by atoms with Gasteiger partial charge in [0.1, 0.15) is 22.3 Å². The monoisotopic (exact) mass is 591 g/mol. The highest BCUT2D eigenvalue weighted by atomic mass is 16.3. The van der Waals surface area contributed by atoms with Gasteiger partial charge in [0.2, 0.25) is 0 Å². The summed E-state index contributed by atoms with van der Waals surface area (Å²) in [4.78, 5) is 2.40. The van der Waals surface area contributed by atoms with Crippen LogP contribution in [0.4, 0.5) is 17.1 Å². The SMILES string of the molecule is CC(C)c1ccc2ccc3c(N(c4ccc5oc6ccccc6c5c4)c4ccc5oc6ccccc6c5c4)ccc4ccc1c2c43. The van der Waals surface area contributed by atoms with Crippen molar-refractivity contribution >= 4 is 93.3 Å². The zero-order valence-electron chi connectivity index (χ0n) is 25.5. The highest BCUT2D eigenvalue weighted by molar-refractivity contribution is 6.26. The molecule has 2 aromatic heterocycles. The van der Waals surface area contributed by atoms with E-state index in [2.05, 4.69) is 128 Å². The Morgan fingerprint density at radius 1 is 0.435 bits per heavy atom. The number of nitrogens with zero attached hydrogens (tertiary/aromatic N) is 1. The van der Waals surface area contributed by atoms with Gasteiger partial charge in [-0.05, 0) is 93.0 Å². The molecule has 10 aromatic rings. The summed E-state index contributed by atoms with van der Waals surface area (Å²) < 4.78 is 12.5. The van der Waals surface area contributed by atoms with Gasteiger partial charge >= 0.3 is 0 Å². The van der Waals surface area contributed by atoms with Crippen LogP contribution in [-0.2, 0) is 0 Å². The van der Waals surface area contributed by atoms with Gasteiger partial charge in [-0.3, -0.25) is 0 Å². The van der Waals surface area contributed by atoms with E-state index in [1.807, 2.05) is 24.3 Å². The Morgan fingerprint density at radius 2 is 0.935 bits per heavy atom. The molecule has 0 amide bonds. The van der Waals surface area contributed by atoms with E-state index in [1.165, 1.54) is 37.9 Å². The first-order valence-corrected chi connectivity index (χ1v) is 16.0. The van der Waals surface area contributed by atoms with Crippen molar-refractivity contribution in [3.05, 3.63) is 139 Å². The third kappa shape index (κ3) is 3.54. The Kier molecular flexibility index (Phi) is 5.19. The van der Waals surface area contributed by atoms with Crippen LogP contribution in [0.5, 0.6) is 0 Å². The van der Waals surface area contributed by atoms with E-state index >= 15 is 0 Å². The number of benzene rings is 8. The molecule has 0 aliphatic carbocycles. The minimum absolute atomic E-state index is 0.438. The van der Waals surface area contributed by atoms with Crippen LogP contribution in [0.15, 0.2) is 142 Å². The van der Waals surface area contributed by atoms with Gasteiger partial charge in [0.15, 0.2) is 0 Å². The van der Waals surface area contributed by atoms with Crippen LogP contribution in [0.25, 0.3) is 76.2 Å². The van der Waals surface area contributed by atoms with Crippen molar-refractivity contribution in [3.8, 4) is 0 Å². The molecule has 10 rings (SSSR count). The molecule has 0 radical (unpaired) electrons. The lowest BCUT2D eigenvalue weighted by molar-refractivity contribution is 0.668. The van der Waals surface area contributed by atoms with E-state index in [9.17, 15) is 0 Å². The van der Waals surface area contributed by atoms with Gasteiger partial charge in [0, 0.05) is 38.3 Å². The second-order valence-electron chi connectivity index (χ2n) is 12.7. The first-order chi connectivity index (χ1) is 22.6. The average molecular weight is 592 g/mol. The highest BCUT2D eigenvalue weighted by Gasteiger charge is 2.21. The lowest BCUT2D eigenvalue weighted by Gasteiger charge is -2.28. The minimum Gasteiger partial charge on any atom is -0.456 e. The van der Waals surface area contributed by atoms with Crippen molar-refractivity contribution in [2.45, 2.75) is 19.8 Å². The van der Waals surface area contributed by atoms with Gasteiger partial charge in [-0.1, -0.05) is 92.7 Å². The van der Waals surface area contributed by atoms with Crippen LogP contribution >= 0.6 is 0 Å². The summed E-state index contributed by atoms with van der Waals surface area (Å²) in [5, 5.41) is 12.2. The molecule has 3 heteroatoms. The molecule has 0 saturated carbocycles. The molecule has 0 unspecified atom stereocenters. The number of para-hydroxylation sites is 2. The zero-order chi connectivity index (χ0) is 30.5. The third-order valence-electron chi connectivity index (χ3n) is 9.78. The number of rotatable bonds is 4. The molecule has 0 fully saturated rings. The molecule has 0 bridgehead atoms. The molecular weight excluding hydrogens is 562 g/mol. The van der Waals surface area contributed by atoms with Crippen molar-refractivity contribution in [2.24, 2.45) is 0 Å². The van der Waals surface area contributed by atoms with Crippen molar-refractivity contribution in [1.82, 2.24) is 0 Å². The number of hydrogen-bond donors (Lipinski definition) is 0. The maximum atomic E-state index is 6.24. The smallest absolute Gasteiger partial charge is 0.135 e. The number of fused-ring (bicyclic) bond motifs is 6. The fourth-order valence-corrected chi connectivity index (χ4v) is 7.64. The molecular formula is C43H29NO2. The van der Waals surface area contributed by atoms with Crippen LogP contribution in [0.3, 0.4) is 0 Å². The normalized spacial score (nSPS) is 12.3. The Morgan fingerprint density at radius 3 is 1.54 bits per heavy atom. The fourth-order valence-electron chi connectivity index (χ4n) is 7.64. The fraction of sp³-hybridized carbons (Fsp3) is 0.0698. The van der Waals surface area contributed by atoms with Crippen molar-refractivity contribution < 1.29 is 8.83 Å². The predicted octanol–water partition coefficient (Wildman–Crippen LogP) is 13.0. The molecule has 0 spiro atoms. The van der Waals surface area contributed by atoms with E-state index in [0.29, 0.717) is 5.92 Å². The van der Waals surface area contributed by atoms with Gasteiger partial charge in [-0.15, -0.1) is 0 Å². The summed E-state index contributed by atoms with van der Waals surface area (Å²) in [6.07, 6.45) is 0. The molecule has 2 heterocycles. The molecule has 0 saturated heterocycles. The molecule has 218 valence electrons. The average Bonchev–Trinajstić information content (AvgIpc) is 3.65. The summed E-state index contributed by atoms with van der Waals surface area (Å²) in [5.74, 6) is 0.438. The molecule has 0 aliphatic heterocycles.